The SMILES string of the molecule is CCCCCC/C=C\CCCC(=O)O[C@H](CCCCCCC)CCOCC(COP(=O)(O)OCCNC(=O)CC(=O)NCCOP(=O)(O)OCC(COCC[C@@H](CCCCCCC)OC(=O)CCC/C=C\CCCCCC)NC(=O)CCCCC/C=C/CCCCCC)NC(=O)CCCCC/C=C/CCCCCC. The summed E-state index contributed by atoms with van der Waals surface area (Å²) in [7, 11) is -9.49. The van der Waals surface area contributed by atoms with Crippen molar-refractivity contribution in [2.45, 2.75) is 393 Å². The van der Waals surface area contributed by atoms with Crippen LogP contribution in [0.4, 0.5) is 0 Å². The summed E-state index contributed by atoms with van der Waals surface area (Å²) >= 11 is 0. The van der Waals surface area contributed by atoms with Crippen molar-refractivity contribution in [1.82, 2.24) is 21.3 Å². The van der Waals surface area contributed by atoms with Crippen molar-refractivity contribution < 1.29 is 84.7 Å². The minimum absolute atomic E-state index is 0.0638. The van der Waals surface area contributed by atoms with Gasteiger partial charge in [0.2, 0.25) is 23.6 Å². The van der Waals surface area contributed by atoms with Gasteiger partial charge >= 0.3 is 27.6 Å². The first-order valence-electron chi connectivity index (χ1n) is 43.4. The average molecular weight is 1590 g/mol. The van der Waals surface area contributed by atoms with Gasteiger partial charge in [-0.1, -0.05) is 231 Å². The lowest BCUT2D eigenvalue weighted by Crippen LogP contribution is -2.41. The third kappa shape index (κ3) is 75.1. The molecular formula is C85H158N4O18P2. The topological polar surface area (TPSA) is 299 Å². The van der Waals surface area contributed by atoms with Crippen LogP contribution in [0.1, 0.15) is 369 Å². The normalized spacial score (nSPS) is 14.1. The van der Waals surface area contributed by atoms with E-state index in [4.69, 9.17) is 37.0 Å². The average Bonchev–Trinajstić information content (AvgIpc) is 0.933. The lowest BCUT2D eigenvalue weighted by molar-refractivity contribution is -0.151. The number of ether oxygens (including phenoxy) is 4. The minimum Gasteiger partial charge on any atom is -0.462 e. The molecule has 22 nitrogen and oxygen atoms in total. The lowest BCUT2D eigenvalue weighted by atomic mass is 10.1. The van der Waals surface area contributed by atoms with Gasteiger partial charge in [0, 0.05) is 51.6 Å². The maximum absolute atomic E-state index is 13.3. The van der Waals surface area contributed by atoms with Gasteiger partial charge in [0.25, 0.3) is 0 Å². The van der Waals surface area contributed by atoms with Crippen LogP contribution < -0.4 is 21.3 Å². The number of carbonyl (C=O) groups is 6. The van der Waals surface area contributed by atoms with Crippen LogP contribution in [0.15, 0.2) is 48.6 Å². The quantitative estimate of drug-likeness (QED) is 0.0108. The molecule has 636 valence electrons. The van der Waals surface area contributed by atoms with Gasteiger partial charge in [0.15, 0.2) is 0 Å². The van der Waals surface area contributed by atoms with Gasteiger partial charge in [-0.3, -0.25) is 46.9 Å². The van der Waals surface area contributed by atoms with E-state index in [0.29, 0.717) is 64.2 Å². The van der Waals surface area contributed by atoms with Crippen molar-refractivity contribution in [2.24, 2.45) is 0 Å². The first-order valence-corrected chi connectivity index (χ1v) is 46.4. The molecule has 0 radical (unpaired) electrons. The van der Waals surface area contributed by atoms with E-state index in [1.807, 2.05) is 0 Å². The number of phosphoric ester groups is 2. The molecule has 0 aromatic heterocycles. The predicted molar refractivity (Wildman–Crippen MR) is 441 cm³/mol. The Labute approximate surface area is 661 Å². The van der Waals surface area contributed by atoms with Crippen molar-refractivity contribution in [2.75, 3.05) is 65.9 Å². The summed E-state index contributed by atoms with van der Waals surface area (Å²) in [5.41, 5.74) is 0. The number of rotatable bonds is 82. The van der Waals surface area contributed by atoms with E-state index >= 15 is 0 Å². The zero-order valence-electron chi connectivity index (χ0n) is 69.4. The molecule has 0 rings (SSSR count). The number of hydrogen-bond acceptors (Lipinski definition) is 16. The molecule has 0 saturated heterocycles. The van der Waals surface area contributed by atoms with E-state index in [0.717, 1.165) is 141 Å². The van der Waals surface area contributed by atoms with E-state index in [2.05, 4.69) is 111 Å². The molecular weight excluding hydrogens is 1430 g/mol. The van der Waals surface area contributed by atoms with Crippen molar-refractivity contribution in [3.05, 3.63) is 48.6 Å². The fourth-order valence-corrected chi connectivity index (χ4v) is 13.5. The number of hydrogen-bond donors (Lipinski definition) is 6. The Hall–Kier alpha value is -4.08. The summed E-state index contributed by atoms with van der Waals surface area (Å²) in [6, 6.07) is -1.68. The number of allylic oxidation sites excluding steroid dienone is 8. The molecule has 0 saturated carbocycles. The Bertz CT molecular complexity index is 2260. The Morgan fingerprint density at radius 1 is 0.312 bits per heavy atom. The standard InChI is InChI=1S/C85H158N4O18P2/c1-7-13-19-25-29-33-35-39-41-47-53-59-80(90)88-76(72-100-67-63-78(57-51-45-23-17-11-5)106-84(94)61-55-49-43-37-31-27-21-15-9-3)74-104-108(96,97)102-69-65-86-82(92)71-83(93)87-66-70-103-109(98,99)105-75-77(89-81(91)60-54-48-42-40-36-34-30-26-20-14-8-2)73-101-68-64-79(58-52-46-24-18-12-6)107-85(95)62-56-50-44-38-32-28-22-16-10-4/h33-38,43-44,76-79H,7-32,39-42,45-75H2,1-6H3,(H,86,92)(H,87,93)(H,88,90)(H,89,91)(H,96,97)(H,98,99)/b35-33+,36-34+,43-37-,44-38-/t76?,77?,78-,79-/m1/s1. The van der Waals surface area contributed by atoms with Crippen LogP contribution in [0.2, 0.25) is 0 Å². The highest BCUT2D eigenvalue weighted by Gasteiger charge is 2.27. The fourth-order valence-electron chi connectivity index (χ4n) is 12.0. The van der Waals surface area contributed by atoms with Crippen LogP contribution in [0, 0.1) is 0 Å². The molecule has 0 aromatic rings. The molecule has 0 aliphatic carbocycles. The number of nitrogens with one attached hydrogen (secondary N) is 4. The lowest BCUT2D eigenvalue weighted by Gasteiger charge is -2.22. The van der Waals surface area contributed by atoms with E-state index < -0.39 is 72.4 Å². The smallest absolute Gasteiger partial charge is 0.462 e. The second-order valence-corrected chi connectivity index (χ2v) is 32.1. The zero-order chi connectivity index (χ0) is 80.0. The molecule has 0 bridgehead atoms. The Morgan fingerprint density at radius 3 is 0.908 bits per heavy atom. The van der Waals surface area contributed by atoms with Crippen molar-refractivity contribution in [1.29, 1.82) is 0 Å². The van der Waals surface area contributed by atoms with E-state index in [1.165, 1.54) is 103 Å². The van der Waals surface area contributed by atoms with Crippen molar-refractivity contribution in [3.8, 4) is 0 Å². The third-order valence-electron chi connectivity index (χ3n) is 18.6. The summed E-state index contributed by atoms with van der Waals surface area (Å²) in [5.74, 6) is -2.51. The highest BCUT2D eigenvalue weighted by Crippen LogP contribution is 2.44. The molecule has 0 aliphatic rings. The Morgan fingerprint density at radius 2 is 0.596 bits per heavy atom. The molecule has 0 aliphatic heterocycles. The fraction of sp³-hybridized carbons (Fsp3) is 0.835. The van der Waals surface area contributed by atoms with Crippen LogP contribution in [-0.2, 0) is 74.9 Å². The third-order valence-corrected chi connectivity index (χ3v) is 20.5. The van der Waals surface area contributed by atoms with Gasteiger partial charge < -0.3 is 50.0 Å². The summed E-state index contributed by atoms with van der Waals surface area (Å²) in [6.07, 6.45) is 63.7. The van der Waals surface area contributed by atoms with Gasteiger partial charge in [-0.2, -0.15) is 0 Å². The Kier molecular flexibility index (Phi) is 74.9. The van der Waals surface area contributed by atoms with E-state index in [1.54, 1.807) is 0 Å². The summed E-state index contributed by atoms with van der Waals surface area (Å²) in [5, 5.41) is 10.7. The van der Waals surface area contributed by atoms with Crippen LogP contribution >= 0.6 is 15.6 Å². The molecule has 6 atom stereocenters. The molecule has 0 heterocycles. The monoisotopic (exact) mass is 1590 g/mol. The highest BCUT2D eigenvalue weighted by atomic mass is 31.2. The minimum atomic E-state index is -4.74. The number of esters is 2. The second kappa shape index (κ2) is 77.8. The molecule has 109 heavy (non-hydrogen) atoms. The zero-order valence-corrected chi connectivity index (χ0v) is 71.2. The molecule has 0 fully saturated rings. The van der Waals surface area contributed by atoms with Crippen molar-refractivity contribution >= 4 is 51.2 Å². The van der Waals surface area contributed by atoms with Gasteiger partial charge in [-0.05, 0) is 141 Å². The van der Waals surface area contributed by atoms with Crippen LogP contribution in [0.25, 0.3) is 0 Å². The van der Waals surface area contributed by atoms with Crippen LogP contribution in [0.5, 0.6) is 0 Å². The van der Waals surface area contributed by atoms with Crippen LogP contribution in [-0.4, -0.2) is 136 Å². The van der Waals surface area contributed by atoms with Gasteiger partial charge in [-0.25, -0.2) is 9.13 Å². The molecule has 4 amide bonds. The maximum atomic E-state index is 13.3. The molecule has 0 aromatic carbocycles. The summed E-state index contributed by atoms with van der Waals surface area (Å²) in [4.78, 5) is 99.4. The molecule has 4 unspecified atom stereocenters. The molecule has 6 N–H and O–H groups in total. The first kappa shape index (κ1) is 105. The maximum Gasteiger partial charge on any atom is 0.472 e. The largest absolute Gasteiger partial charge is 0.472 e. The highest BCUT2D eigenvalue weighted by molar-refractivity contribution is 7.47. The first-order chi connectivity index (χ1) is 52.9. The number of carbonyl (C=O) groups excluding carboxylic acids is 6. The molecule has 24 heteroatoms. The number of phosphoric acid groups is 2. The van der Waals surface area contributed by atoms with Crippen molar-refractivity contribution in [3.63, 3.8) is 0 Å². The van der Waals surface area contributed by atoms with E-state index in [9.17, 15) is 47.7 Å². The Balaban J connectivity index is 5.57. The number of unbranched alkanes of at least 4 members (excludes halogenated alkanes) is 32. The number of amides is 4. The summed E-state index contributed by atoms with van der Waals surface area (Å²) < 4.78 is 71.3. The summed E-state index contributed by atoms with van der Waals surface area (Å²) in [6.45, 7) is 11.0. The molecule has 0 spiro atoms. The van der Waals surface area contributed by atoms with Crippen LogP contribution in [0.3, 0.4) is 0 Å². The van der Waals surface area contributed by atoms with E-state index in [-0.39, 0.29) is 88.3 Å². The second-order valence-electron chi connectivity index (χ2n) is 29.2. The van der Waals surface area contributed by atoms with Gasteiger partial charge in [0.05, 0.1) is 64.9 Å². The van der Waals surface area contributed by atoms with Gasteiger partial charge in [0.1, 0.15) is 18.6 Å². The van der Waals surface area contributed by atoms with Gasteiger partial charge in [-0.15, -0.1) is 0 Å². The predicted octanol–water partition coefficient (Wildman–Crippen LogP) is 20.6.